The van der Waals surface area contributed by atoms with Gasteiger partial charge in [-0.15, -0.1) is 11.3 Å². The number of furan rings is 1. The number of benzene rings is 8. The van der Waals surface area contributed by atoms with E-state index in [1.54, 1.807) is 0 Å². The van der Waals surface area contributed by atoms with Gasteiger partial charge >= 0.3 is 0 Å². The van der Waals surface area contributed by atoms with Crippen LogP contribution >= 0.6 is 11.3 Å². The molecule has 8 aromatic carbocycles. The van der Waals surface area contributed by atoms with E-state index < -0.39 is 0 Å². The number of rotatable bonds is 3. The van der Waals surface area contributed by atoms with Gasteiger partial charge in [-0.1, -0.05) is 115 Å². The molecule has 1 nitrogen and oxygen atoms in total. The summed E-state index contributed by atoms with van der Waals surface area (Å²) in [4.78, 5) is 0. The Kier molecular flexibility index (Phi) is 6.02. The van der Waals surface area contributed by atoms with E-state index in [0.717, 1.165) is 34.8 Å². The van der Waals surface area contributed by atoms with E-state index in [0.29, 0.717) is 0 Å². The fourth-order valence-corrected chi connectivity index (χ4v) is 9.47. The number of thiophene rings is 1. The molecule has 0 unspecified atom stereocenters. The molecule has 2 heteroatoms. The normalized spacial score (nSPS) is 13.0. The highest BCUT2D eigenvalue weighted by molar-refractivity contribution is 7.25. The molecule has 0 atom stereocenters. The first-order valence-electron chi connectivity index (χ1n) is 17.4. The largest absolute Gasteiger partial charge is 0.456 e. The van der Waals surface area contributed by atoms with Gasteiger partial charge in [-0.3, -0.25) is 0 Å². The summed E-state index contributed by atoms with van der Waals surface area (Å²) in [6.45, 7) is 0. The molecule has 10 aromatic rings. The van der Waals surface area contributed by atoms with E-state index in [1.165, 1.54) is 85.5 Å². The van der Waals surface area contributed by atoms with Crippen LogP contribution in [0.15, 0.2) is 150 Å². The predicted molar refractivity (Wildman–Crippen MR) is 215 cm³/mol. The monoisotopic (exact) mass is 654 g/mol. The molecule has 0 saturated heterocycles. The molecule has 0 N–H and O–H groups in total. The van der Waals surface area contributed by atoms with Gasteiger partial charge in [0.25, 0.3) is 0 Å². The van der Waals surface area contributed by atoms with Crippen LogP contribution in [0.2, 0.25) is 0 Å². The number of hydrogen-bond donors (Lipinski definition) is 0. The first-order chi connectivity index (χ1) is 24.8. The summed E-state index contributed by atoms with van der Waals surface area (Å²) in [5.74, 6) is 0. The summed E-state index contributed by atoms with van der Waals surface area (Å²) in [6.07, 6.45) is 7.03. The third-order valence-electron chi connectivity index (χ3n) is 10.7. The highest BCUT2D eigenvalue weighted by Gasteiger charge is 2.17. The molecule has 0 radical (unpaired) electrons. The Morgan fingerprint density at radius 3 is 1.72 bits per heavy atom. The Hall–Kier alpha value is -5.96. The maximum Gasteiger partial charge on any atom is 0.136 e. The summed E-state index contributed by atoms with van der Waals surface area (Å²) >= 11 is 1.87. The molecule has 11 rings (SSSR count). The average Bonchev–Trinajstić information content (AvgIpc) is 3.72. The van der Waals surface area contributed by atoms with Gasteiger partial charge in [-0.05, 0) is 121 Å². The second kappa shape index (κ2) is 10.8. The van der Waals surface area contributed by atoms with Gasteiger partial charge in [0.05, 0.1) is 0 Å². The van der Waals surface area contributed by atoms with Crippen molar-refractivity contribution in [1.29, 1.82) is 0 Å². The van der Waals surface area contributed by atoms with Gasteiger partial charge < -0.3 is 4.42 Å². The molecule has 1 aliphatic carbocycles. The van der Waals surface area contributed by atoms with Crippen LogP contribution in [0.5, 0.6) is 0 Å². The van der Waals surface area contributed by atoms with Gasteiger partial charge in [-0.25, -0.2) is 0 Å². The van der Waals surface area contributed by atoms with Crippen molar-refractivity contribution in [2.24, 2.45) is 0 Å². The lowest BCUT2D eigenvalue weighted by Gasteiger charge is -2.17. The van der Waals surface area contributed by atoms with Crippen molar-refractivity contribution in [3.05, 3.63) is 156 Å². The lowest BCUT2D eigenvalue weighted by Crippen LogP contribution is -2.31. The zero-order valence-electron chi connectivity index (χ0n) is 27.2. The molecule has 2 heterocycles. The minimum Gasteiger partial charge on any atom is -0.456 e. The van der Waals surface area contributed by atoms with Gasteiger partial charge in [-0.2, -0.15) is 0 Å². The maximum atomic E-state index is 6.44. The van der Waals surface area contributed by atoms with Crippen molar-refractivity contribution in [2.45, 2.75) is 12.8 Å². The van der Waals surface area contributed by atoms with Crippen molar-refractivity contribution >= 4 is 87.1 Å². The van der Waals surface area contributed by atoms with Crippen molar-refractivity contribution < 1.29 is 4.42 Å². The third kappa shape index (κ3) is 4.19. The molecular formula is C48H30OS. The Bertz CT molecular complexity index is 3120. The Labute approximate surface area is 292 Å². The molecule has 0 bridgehead atoms. The second-order valence-electron chi connectivity index (χ2n) is 13.5. The van der Waals surface area contributed by atoms with E-state index in [1.807, 2.05) is 11.3 Å². The number of hydrogen-bond acceptors (Lipinski definition) is 2. The first-order valence-corrected chi connectivity index (χ1v) is 18.2. The van der Waals surface area contributed by atoms with Crippen LogP contribution in [0, 0.1) is 0 Å². The summed E-state index contributed by atoms with van der Waals surface area (Å²) in [5, 5.41) is 12.7. The van der Waals surface area contributed by atoms with Crippen molar-refractivity contribution in [3.8, 4) is 33.4 Å². The lowest BCUT2D eigenvalue weighted by atomic mass is 9.86. The van der Waals surface area contributed by atoms with Crippen LogP contribution in [0.4, 0.5) is 0 Å². The molecular weight excluding hydrogens is 625 g/mol. The molecule has 50 heavy (non-hydrogen) atoms. The molecule has 234 valence electrons. The molecule has 0 aliphatic heterocycles. The predicted octanol–water partition coefficient (Wildman–Crippen LogP) is 12.6. The smallest absolute Gasteiger partial charge is 0.136 e. The van der Waals surface area contributed by atoms with E-state index in [-0.39, 0.29) is 0 Å². The fraction of sp³-hybridized carbons (Fsp3) is 0.0417. The summed E-state index contributed by atoms with van der Waals surface area (Å²) < 4.78 is 9.10. The van der Waals surface area contributed by atoms with E-state index in [2.05, 4.69) is 158 Å². The number of fused-ring (bicyclic) bond motifs is 9. The Morgan fingerprint density at radius 1 is 0.380 bits per heavy atom. The third-order valence-corrected chi connectivity index (χ3v) is 11.8. The van der Waals surface area contributed by atoms with Crippen molar-refractivity contribution in [1.82, 2.24) is 0 Å². The fourth-order valence-electron chi connectivity index (χ4n) is 8.34. The zero-order chi connectivity index (χ0) is 32.8. The topological polar surface area (TPSA) is 13.1 Å². The standard InChI is InChI=1S/C48H30OS/c1-2-10-30(11-3-1)47-36-13-4-6-15-38(36)48(39-16-7-5-14-37(39)47)31-20-18-29(19-21-31)32-22-23-43-40(24-32)41-25-34-28-46-42(26-33(34)27-44(41)49-43)35-12-8-9-17-45(35)50-46/h1-4,6,8-28H,5,7H2. The molecule has 0 fully saturated rings. The van der Waals surface area contributed by atoms with Crippen LogP contribution in [-0.4, -0.2) is 0 Å². The average molecular weight is 655 g/mol. The molecule has 0 amide bonds. The summed E-state index contributed by atoms with van der Waals surface area (Å²) in [5.41, 5.74) is 9.44. The minimum absolute atomic E-state index is 0.923. The minimum atomic E-state index is 0.923. The highest BCUT2D eigenvalue weighted by atomic mass is 32.1. The van der Waals surface area contributed by atoms with E-state index in [9.17, 15) is 0 Å². The van der Waals surface area contributed by atoms with Gasteiger partial charge in [0.15, 0.2) is 0 Å². The van der Waals surface area contributed by atoms with Crippen LogP contribution < -0.4 is 10.4 Å². The SMILES string of the molecule is C1=c2c(-c3ccccc3)c3ccccc3c(-c3ccc(-c4ccc5oc6cc7cc8c(cc7cc6c5c4)sc4ccccc48)cc3)c2=CCC1. The van der Waals surface area contributed by atoms with Crippen LogP contribution in [-0.2, 0) is 0 Å². The molecule has 0 saturated carbocycles. The molecule has 0 spiro atoms. The summed E-state index contributed by atoms with van der Waals surface area (Å²) in [7, 11) is 0. The van der Waals surface area contributed by atoms with Gasteiger partial charge in [0.2, 0.25) is 0 Å². The van der Waals surface area contributed by atoms with Crippen LogP contribution in [0.25, 0.3) is 109 Å². The van der Waals surface area contributed by atoms with Crippen LogP contribution in [0.1, 0.15) is 12.8 Å². The quantitative estimate of drug-likeness (QED) is 0.185. The maximum absolute atomic E-state index is 6.44. The Balaban J connectivity index is 1.04. The van der Waals surface area contributed by atoms with Crippen molar-refractivity contribution in [2.75, 3.05) is 0 Å². The van der Waals surface area contributed by atoms with E-state index >= 15 is 0 Å². The molecule has 1 aliphatic rings. The van der Waals surface area contributed by atoms with Gasteiger partial charge in [0, 0.05) is 30.9 Å². The second-order valence-corrected chi connectivity index (χ2v) is 14.6. The molecule has 2 aromatic heterocycles. The Morgan fingerprint density at radius 2 is 0.960 bits per heavy atom. The highest BCUT2D eigenvalue weighted by Crippen LogP contribution is 2.40. The van der Waals surface area contributed by atoms with E-state index in [4.69, 9.17) is 4.42 Å². The van der Waals surface area contributed by atoms with Crippen molar-refractivity contribution in [3.63, 3.8) is 0 Å². The van der Waals surface area contributed by atoms with Gasteiger partial charge in [0.1, 0.15) is 11.2 Å². The lowest BCUT2D eigenvalue weighted by molar-refractivity contribution is 0.669. The first kappa shape index (κ1) is 27.9. The van der Waals surface area contributed by atoms with Crippen LogP contribution in [0.3, 0.4) is 0 Å². The zero-order valence-corrected chi connectivity index (χ0v) is 28.1. The summed E-state index contributed by atoms with van der Waals surface area (Å²) in [6, 6.07) is 53.5.